The van der Waals surface area contributed by atoms with Crippen molar-refractivity contribution < 1.29 is 10.0 Å². The van der Waals surface area contributed by atoms with E-state index < -0.39 is 10.3 Å². The van der Waals surface area contributed by atoms with Crippen molar-refractivity contribution in [2.45, 2.75) is 97.8 Å². The second-order valence-corrected chi connectivity index (χ2v) is 12.2. The van der Waals surface area contributed by atoms with Gasteiger partial charge in [0.2, 0.25) is 6.33 Å². The maximum absolute atomic E-state index is 11.4. The smallest absolute Gasteiger partial charge is 0.381 e. The van der Waals surface area contributed by atoms with E-state index in [2.05, 4.69) is 56.1 Å². The van der Waals surface area contributed by atoms with Crippen LogP contribution in [-0.2, 0) is 0 Å². The predicted molar refractivity (Wildman–Crippen MR) is 162 cm³/mol. The summed E-state index contributed by atoms with van der Waals surface area (Å²) >= 11 is 0. The van der Waals surface area contributed by atoms with Gasteiger partial charge in [0.15, 0.2) is 0 Å². The molecule has 0 radical (unpaired) electrons. The molecule has 1 N–H and O–H groups in total. The standard InChI is InChI=1S/C34H43N3O3/c1-4-5-6-7-8-9-10-11-12-13-14-25-21-30(36-23-31(35-24-36)37(39)40)34(3)20-18-29-28(32(25)34)16-15-26-22-27(38)17-19-33(26,29)2/h15-18,20-24,38H,4-14,19H2,1-3H3/t33-,34-/m1/s1. The third-order valence-electron chi connectivity index (χ3n) is 9.34. The Morgan fingerprint density at radius 1 is 1.00 bits per heavy atom. The lowest BCUT2D eigenvalue weighted by atomic mass is 9.61. The van der Waals surface area contributed by atoms with Gasteiger partial charge in [-0.3, -0.25) is 4.57 Å². The molecule has 0 spiro atoms. The molecule has 6 heteroatoms. The van der Waals surface area contributed by atoms with Crippen LogP contribution in [0.1, 0.15) is 97.8 Å². The van der Waals surface area contributed by atoms with Crippen molar-refractivity contribution in [1.29, 1.82) is 0 Å². The Balaban J connectivity index is 1.38. The molecule has 0 unspecified atom stereocenters. The summed E-state index contributed by atoms with van der Waals surface area (Å²) in [6, 6.07) is 0. The second-order valence-electron chi connectivity index (χ2n) is 12.2. The maximum atomic E-state index is 11.4. The number of rotatable bonds is 13. The maximum Gasteiger partial charge on any atom is 0.381 e. The number of unbranched alkanes of at least 4 members (excludes halogenated alkanes) is 9. The van der Waals surface area contributed by atoms with E-state index in [1.165, 1.54) is 86.3 Å². The van der Waals surface area contributed by atoms with Gasteiger partial charge in [-0.25, -0.2) is 0 Å². The molecule has 212 valence electrons. The predicted octanol–water partition coefficient (Wildman–Crippen LogP) is 9.47. The van der Waals surface area contributed by atoms with Gasteiger partial charge in [0, 0.05) is 11.1 Å². The summed E-state index contributed by atoms with van der Waals surface area (Å²) in [4.78, 5) is 15.0. The van der Waals surface area contributed by atoms with Crippen molar-refractivity contribution in [2.24, 2.45) is 10.8 Å². The van der Waals surface area contributed by atoms with Crippen LogP contribution in [0.3, 0.4) is 0 Å². The summed E-state index contributed by atoms with van der Waals surface area (Å²) < 4.78 is 1.83. The summed E-state index contributed by atoms with van der Waals surface area (Å²) in [5.74, 6) is 0.195. The molecular formula is C34H43N3O3. The highest BCUT2D eigenvalue weighted by molar-refractivity contribution is 5.80. The number of hydrogen-bond donors (Lipinski definition) is 1. The lowest BCUT2D eigenvalue weighted by molar-refractivity contribution is -0.389. The highest BCUT2D eigenvalue weighted by atomic mass is 16.6. The molecule has 5 rings (SSSR count). The van der Waals surface area contributed by atoms with Crippen molar-refractivity contribution >= 4 is 11.5 Å². The van der Waals surface area contributed by atoms with E-state index in [1.54, 1.807) is 6.33 Å². The van der Waals surface area contributed by atoms with Crippen molar-refractivity contribution in [3.8, 4) is 0 Å². The molecule has 1 aromatic heterocycles. The lowest BCUT2D eigenvalue weighted by Crippen LogP contribution is -2.31. The molecule has 2 atom stereocenters. The summed E-state index contributed by atoms with van der Waals surface area (Å²) in [6.45, 7) is 6.75. The first-order valence-corrected chi connectivity index (χ1v) is 15.2. The Morgan fingerprint density at radius 3 is 2.38 bits per heavy atom. The van der Waals surface area contributed by atoms with Gasteiger partial charge in [-0.1, -0.05) is 95.9 Å². The van der Waals surface area contributed by atoms with E-state index in [0.717, 1.165) is 30.5 Å². The zero-order valence-electron chi connectivity index (χ0n) is 24.3. The monoisotopic (exact) mass is 541 g/mol. The van der Waals surface area contributed by atoms with Crippen LogP contribution in [0.2, 0.25) is 0 Å². The average Bonchev–Trinajstić information content (AvgIpc) is 3.53. The summed E-state index contributed by atoms with van der Waals surface area (Å²) in [7, 11) is 0. The van der Waals surface area contributed by atoms with Crippen LogP contribution in [-0.4, -0.2) is 19.6 Å². The van der Waals surface area contributed by atoms with Gasteiger partial charge in [0.25, 0.3) is 0 Å². The third-order valence-corrected chi connectivity index (χ3v) is 9.34. The average molecular weight is 542 g/mol. The van der Waals surface area contributed by atoms with Crippen LogP contribution in [0.4, 0.5) is 5.82 Å². The Hall–Kier alpha value is -3.41. The SMILES string of the molecule is CCCCCCCCCCCCC1=C2C3=C(C=C[C@]2(C)C(n2cnc([N+](=O)[O-])c2)=C1)[C@]1(C)CC=C(O)C=C1C=C3. The fourth-order valence-electron chi connectivity index (χ4n) is 6.95. The fraction of sp³-hybridized carbons (Fsp3) is 0.500. The Labute approximate surface area is 238 Å². The van der Waals surface area contributed by atoms with Gasteiger partial charge in [-0.2, -0.15) is 0 Å². The Kier molecular flexibility index (Phi) is 8.16. The number of nitro groups is 1. The molecule has 0 saturated heterocycles. The number of fused-ring (bicyclic) bond motifs is 4. The van der Waals surface area contributed by atoms with Crippen molar-refractivity contribution in [3.63, 3.8) is 0 Å². The van der Waals surface area contributed by atoms with E-state index in [-0.39, 0.29) is 11.2 Å². The molecule has 40 heavy (non-hydrogen) atoms. The number of allylic oxidation sites excluding steroid dienone is 13. The topological polar surface area (TPSA) is 81.2 Å². The second kappa shape index (κ2) is 11.6. The molecule has 1 aromatic rings. The van der Waals surface area contributed by atoms with Gasteiger partial charge in [0.1, 0.15) is 12.0 Å². The van der Waals surface area contributed by atoms with Crippen LogP contribution < -0.4 is 0 Å². The number of nitrogens with zero attached hydrogens (tertiary/aromatic N) is 3. The molecule has 0 amide bonds. The number of aliphatic hydroxyl groups excluding tert-OH is 1. The Morgan fingerprint density at radius 2 is 1.70 bits per heavy atom. The largest absolute Gasteiger partial charge is 0.508 e. The van der Waals surface area contributed by atoms with Crippen LogP contribution in [0.5, 0.6) is 0 Å². The number of aromatic nitrogens is 2. The van der Waals surface area contributed by atoms with E-state index in [4.69, 9.17) is 0 Å². The summed E-state index contributed by atoms with van der Waals surface area (Å²) in [6.07, 6.45) is 32.8. The van der Waals surface area contributed by atoms with Crippen molar-refractivity contribution in [1.82, 2.24) is 9.55 Å². The first-order valence-electron chi connectivity index (χ1n) is 15.2. The van der Waals surface area contributed by atoms with E-state index >= 15 is 0 Å². The van der Waals surface area contributed by atoms with Gasteiger partial charge in [0.05, 0.1) is 5.41 Å². The summed E-state index contributed by atoms with van der Waals surface area (Å²) in [5.41, 5.74) is 6.70. The first kappa shape index (κ1) is 28.1. The van der Waals surface area contributed by atoms with Gasteiger partial charge >= 0.3 is 5.82 Å². The van der Waals surface area contributed by atoms with E-state index in [1.807, 2.05) is 16.7 Å². The Bertz CT molecular complexity index is 1380. The molecule has 0 fully saturated rings. The first-order chi connectivity index (χ1) is 19.3. The van der Waals surface area contributed by atoms with Crippen molar-refractivity contribution in [3.05, 3.63) is 98.8 Å². The van der Waals surface area contributed by atoms with Gasteiger partial charge < -0.3 is 15.2 Å². The zero-order valence-corrected chi connectivity index (χ0v) is 24.3. The minimum Gasteiger partial charge on any atom is -0.508 e. The third kappa shape index (κ3) is 5.21. The van der Waals surface area contributed by atoms with Crippen LogP contribution in [0.15, 0.2) is 88.7 Å². The minimum absolute atomic E-state index is 0.137. The number of aliphatic hydroxyl groups is 1. The van der Waals surface area contributed by atoms with Crippen LogP contribution in [0.25, 0.3) is 5.70 Å². The number of hydrogen-bond acceptors (Lipinski definition) is 4. The van der Waals surface area contributed by atoms with E-state index in [0.29, 0.717) is 5.76 Å². The minimum atomic E-state index is -0.435. The molecule has 4 aliphatic carbocycles. The highest BCUT2D eigenvalue weighted by Crippen LogP contribution is 2.59. The molecule has 0 bridgehead atoms. The lowest BCUT2D eigenvalue weighted by Gasteiger charge is -2.43. The molecule has 0 aromatic carbocycles. The normalized spacial score (nSPS) is 24.9. The molecule has 0 aliphatic heterocycles. The van der Waals surface area contributed by atoms with Gasteiger partial charge in [-0.15, -0.1) is 0 Å². The molecule has 0 saturated carbocycles. The van der Waals surface area contributed by atoms with Crippen LogP contribution in [0, 0.1) is 20.9 Å². The van der Waals surface area contributed by atoms with Crippen LogP contribution >= 0.6 is 0 Å². The molecular weight excluding hydrogens is 498 g/mol. The molecule has 6 nitrogen and oxygen atoms in total. The number of imidazole rings is 1. The summed E-state index contributed by atoms with van der Waals surface area (Å²) in [5, 5.41) is 21.6. The fourth-order valence-corrected chi connectivity index (χ4v) is 6.95. The molecule has 4 aliphatic rings. The molecule has 1 heterocycles. The van der Waals surface area contributed by atoms with E-state index in [9.17, 15) is 15.2 Å². The highest BCUT2D eigenvalue weighted by Gasteiger charge is 2.46. The van der Waals surface area contributed by atoms with Crippen molar-refractivity contribution in [2.75, 3.05) is 0 Å². The quantitative estimate of drug-likeness (QED) is 0.153. The van der Waals surface area contributed by atoms with Gasteiger partial charge in [-0.05, 0) is 82.2 Å². The zero-order chi connectivity index (χ0) is 28.3.